The van der Waals surface area contributed by atoms with Gasteiger partial charge in [-0.05, 0) is 56.2 Å². The molecule has 0 aliphatic heterocycles. The minimum Gasteiger partial charge on any atom is -0.355 e. The van der Waals surface area contributed by atoms with Gasteiger partial charge in [0.15, 0.2) is 0 Å². The van der Waals surface area contributed by atoms with Gasteiger partial charge in [-0.3, -0.25) is 4.79 Å². The highest BCUT2D eigenvalue weighted by molar-refractivity contribution is 5.96. The Hall–Kier alpha value is -2.04. The molecule has 21 heavy (non-hydrogen) atoms. The van der Waals surface area contributed by atoms with E-state index in [4.69, 9.17) is 0 Å². The summed E-state index contributed by atoms with van der Waals surface area (Å²) in [5, 5.41) is 8.55. The van der Waals surface area contributed by atoms with Crippen molar-refractivity contribution in [2.75, 3.05) is 12.4 Å². The maximum atomic E-state index is 12.2. The summed E-state index contributed by atoms with van der Waals surface area (Å²) in [5.74, 6) is 0.633. The fourth-order valence-electron chi connectivity index (χ4n) is 3.65. The largest absolute Gasteiger partial charge is 0.355 e. The van der Waals surface area contributed by atoms with E-state index in [0.717, 1.165) is 25.2 Å². The van der Waals surface area contributed by atoms with Gasteiger partial charge in [-0.15, -0.1) is 0 Å². The lowest BCUT2D eigenvalue weighted by Gasteiger charge is -2.28. The molecule has 0 radical (unpaired) electrons. The maximum absolute atomic E-state index is 12.2. The summed E-state index contributed by atoms with van der Waals surface area (Å²) in [7, 11) is 1.59. The summed E-state index contributed by atoms with van der Waals surface area (Å²) in [4.78, 5) is 23.8. The highest BCUT2D eigenvalue weighted by Crippen LogP contribution is 2.47. The monoisotopic (exact) mass is 287 g/mol. The number of benzene rings is 1. The Morgan fingerprint density at radius 1 is 1.24 bits per heavy atom. The zero-order chi connectivity index (χ0) is 14.9. The summed E-state index contributed by atoms with van der Waals surface area (Å²) in [5.41, 5.74) is 1.18. The molecule has 0 atom stereocenters. The van der Waals surface area contributed by atoms with E-state index in [2.05, 4.69) is 16.0 Å². The van der Waals surface area contributed by atoms with Gasteiger partial charge in [0.25, 0.3) is 5.91 Å². The Morgan fingerprint density at radius 3 is 2.62 bits per heavy atom. The third kappa shape index (κ3) is 2.86. The number of carbonyl (C=O) groups is 2. The normalized spacial score (nSPS) is 26.4. The standard InChI is InChI=1S/C16H21N3O2/c1-17-14(20)12-3-2-4-13(9-12)18-15(21)19-16-7-5-11(10-16)6-8-16/h2-4,9,11H,5-8,10H2,1H3,(H,17,20)(H2,18,19,21). The van der Waals surface area contributed by atoms with E-state index in [9.17, 15) is 9.59 Å². The average Bonchev–Trinajstić information content (AvgIpc) is 3.06. The molecule has 1 aromatic carbocycles. The summed E-state index contributed by atoms with van der Waals surface area (Å²) in [6.07, 6.45) is 5.74. The van der Waals surface area contributed by atoms with Crippen molar-refractivity contribution >= 4 is 17.6 Å². The van der Waals surface area contributed by atoms with Crippen LogP contribution in [0.1, 0.15) is 42.5 Å². The van der Waals surface area contributed by atoms with E-state index in [1.165, 1.54) is 12.8 Å². The highest BCUT2D eigenvalue weighted by atomic mass is 16.2. The number of anilines is 1. The van der Waals surface area contributed by atoms with Crippen LogP contribution in [0.15, 0.2) is 24.3 Å². The van der Waals surface area contributed by atoms with E-state index in [-0.39, 0.29) is 17.5 Å². The Morgan fingerprint density at radius 2 is 2.00 bits per heavy atom. The molecule has 2 bridgehead atoms. The zero-order valence-corrected chi connectivity index (χ0v) is 12.2. The molecule has 3 rings (SSSR count). The van der Waals surface area contributed by atoms with Crippen LogP contribution in [0.3, 0.4) is 0 Å². The second-order valence-electron chi connectivity index (χ2n) is 6.17. The molecule has 3 N–H and O–H groups in total. The van der Waals surface area contributed by atoms with Crippen LogP contribution in [0, 0.1) is 5.92 Å². The molecular weight excluding hydrogens is 266 g/mol. The molecule has 0 saturated heterocycles. The minimum atomic E-state index is -0.174. The molecular formula is C16H21N3O2. The molecule has 2 saturated carbocycles. The molecule has 0 aromatic heterocycles. The first-order valence-electron chi connectivity index (χ1n) is 7.52. The fourth-order valence-corrected chi connectivity index (χ4v) is 3.65. The average molecular weight is 287 g/mol. The lowest BCUT2D eigenvalue weighted by Crippen LogP contribution is -2.47. The van der Waals surface area contributed by atoms with Crippen LogP contribution < -0.4 is 16.0 Å². The zero-order valence-electron chi connectivity index (χ0n) is 12.2. The molecule has 2 aliphatic rings. The van der Waals surface area contributed by atoms with Gasteiger partial charge >= 0.3 is 6.03 Å². The Labute approximate surface area is 124 Å². The number of rotatable bonds is 3. The number of fused-ring (bicyclic) bond motifs is 2. The molecule has 0 unspecified atom stereocenters. The van der Waals surface area contributed by atoms with Crippen molar-refractivity contribution in [3.63, 3.8) is 0 Å². The summed E-state index contributed by atoms with van der Waals surface area (Å²) in [6, 6.07) is 6.78. The molecule has 5 nitrogen and oxygen atoms in total. The van der Waals surface area contributed by atoms with E-state index < -0.39 is 0 Å². The van der Waals surface area contributed by atoms with Gasteiger partial charge in [0.1, 0.15) is 0 Å². The third-order valence-corrected chi connectivity index (χ3v) is 4.73. The van der Waals surface area contributed by atoms with Crippen molar-refractivity contribution in [1.82, 2.24) is 10.6 Å². The van der Waals surface area contributed by atoms with Crippen LogP contribution in [-0.2, 0) is 0 Å². The molecule has 2 fully saturated rings. The quantitative estimate of drug-likeness (QED) is 0.799. The minimum absolute atomic E-state index is 0.00710. The van der Waals surface area contributed by atoms with E-state index in [0.29, 0.717) is 11.3 Å². The predicted molar refractivity (Wildman–Crippen MR) is 81.3 cm³/mol. The summed E-state index contributed by atoms with van der Waals surface area (Å²) >= 11 is 0. The Kier molecular flexibility index (Phi) is 3.57. The molecule has 112 valence electrons. The predicted octanol–water partition coefficient (Wildman–Crippen LogP) is 2.50. The van der Waals surface area contributed by atoms with Crippen LogP contribution in [-0.4, -0.2) is 24.5 Å². The molecule has 5 heteroatoms. The van der Waals surface area contributed by atoms with Crippen molar-refractivity contribution < 1.29 is 9.59 Å². The summed E-state index contributed by atoms with van der Waals surface area (Å²) in [6.45, 7) is 0. The first-order valence-corrected chi connectivity index (χ1v) is 7.52. The molecule has 0 spiro atoms. The van der Waals surface area contributed by atoms with Crippen LogP contribution in [0.4, 0.5) is 10.5 Å². The van der Waals surface area contributed by atoms with Crippen LogP contribution in [0.25, 0.3) is 0 Å². The van der Waals surface area contributed by atoms with E-state index >= 15 is 0 Å². The fraction of sp³-hybridized carbons (Fsp3) is 0.500. The Balaban J connectivity index is 1.63. The lowest BCUT2D eigenvalue weighted by atomic mass is 9.94. The van der Waals surface area contributed by atoms with Crippen molar-refractivity contribution in [2.45, 2.75) is 37.6 Å². The van der Waals surface area contributed by atoms with Gasteiger partial charge in [0.05, 0.1) is 0 Å². The van der Waals surface area contributed by atoms with Crippen LogP contribution in [0.2, 0.25) is 0 Å². The van der Waals surface area contributed by atoms with Crippen molar-refractivity contribution in [3.8, 4) is 0 Å². The van der Waals surface area contributed by atoms with Gasteiger partial charge in [-0.1, -0.05) is 6.07 Å². The lowest BCUT2D eigenvalue weighted by molar-refractivity contribution is 0.0963. The number of hydrogen-bond acceptors (Lipinski definition) is 2. The summed E-state index contributed by atoms with van der Waals surface area (Å²) < 4.78 is 0. The number of hydrogen-bond donors (Lipinski definition) is 3. The van der Waals surface area contributed by atoms with E-state index in [1.54, 1.807) is 31.3 Å². The van der Waals surface area contributed by atoms with Crippen molar-refractivity contribution in [1.29, 1.82) is 0 Å². The molecule has 0 heterocycles. The number of amides is 3. The second kappa shape index (κ2) is 5.39. The second-order valence-corrected chi connectivity index (χ2v) is 6.17. The third-order valence-electron chi connectivity index (χ3n) is 4.73. The van der Waals surface area contributed by atoms with Crippen LogP contribution in [0.5, 0.6) is 0 Å². The topological polar surface area (TPSA) is 70.2 Å². The molecule has 2 aliphatic carbocycles. The van der Waals surface area contributed by atoms with Gasteiger partial charge in [0, 0.05) is 23.8 Å². The van der Waals surface area contributed by atoms with Crippen molar-refractivity contribution in [2.24, 2.45) is 5.92 Å². The van der Waals surface area contributed by atoms with Crippen molar-refractivity contribution in [3.05, 3.63) is 29.8 Å². The number of nitrogens with one attached hydrogen (secondary N) is 3. The first kappa shape index (κ1) is 13.9. The molecule has 1 aromatic rings. The first-order chi connectivity index (χ1) is 10.1. The van der Waals surface area contributed by atoms with Gasteiger partial charge in [-0.2, -0.15) is 0 Å². The maximum Gasteiger partial charge on any atom is 0.319 e. The smallest absolute Gasteiger partial charge is 0.319 e. The van der Waals surface area contributed by atoms with Gasteiger partial charge in [-0.25, -0.2) is 4.79 Å². The number of carbonyl (C=O) groups excluding carboxylic acids is 2. The number of urea groups is 1. The highest BCUT2D eigenvalue weighted by Gasteiger charge is 2.45. The van der Waals surface area contributed by atoms with Crippen LogP contribution >= 0.6 is 0 Å². The van der Waals surface area contributed by atoms with Gasteiger partial charge in [0.2, 0.25) is 0 Å². The molecule has 3 amide bonds. The Bertz CT molecular complexity index is 562. The SMILES string of the molecule is CNC(=O)c1cccc(NC(=O)NC23CCC(CC2)C3)c1. The van der Waals surface area contributed by atoms with E-state index in [1.807, 2.05) is 0 Å². The van der Waals surface area contributed by atoms with Gasteiger partial charge < -0.3 is 16.0 Å².